The molecule has 0 spiro atoms. The highest BCUT2D eigenvalue weighted by atomic mass is 35.5. The zero-order valence-electron chi connectivity index (χ0n) is 9.99. The number of sulfonamides is 1. The Balaban J connectivity index is 0.00000324. The minimum atomic E-state index is -4.10. The minimum absolute atomic E-state index is 0. The van der Waals surface area contributed by atoms with Crippen LogP contribution in [0.5, 0.6) is 0 Å². The molecule has 1 aromatic rings. The van der Waals surface area contributed by atoms with Crippen LogP contribution in [0.25, 0.3) is 0 Å². The van der Waals surface area contributed by atoms with Crippen LogP contribution in [0.4, 0.5) is 13.2 Å². The maximum atomic E-state index is 13.0. The van der Waals surface area contributed by atoms with E-state index in [1.807, 2.05) is 0 Å². The topological polar surface area (TPSA) is 72.2 Å². The molecule has 9 heteroatoms. The van der Waals surface area contributed by atoms with Gasteiger partial charge in [-0.2, -0.15) is 0 Å². The van der Waals surface area contributed by atoms with Gasteiger partial charge in [-0.05, 0) is 30.7 Å². The first-order valence-corrected chi connectivity index (χ1v) is 6.50. The molecule has 0 fully saturated rings. The van der Waals surface area contributed by atoms with Crippen LogP contribution >= 0.6 is 12.4 Å². The van der Waals surface area contributed by atoms with Gasteiger partial charge in [0.25, 0.3) is 5.92 Å². The van der Waals surface area contributed by atoms with Gasteiger partial charge in [0.2, 0.25) is 10.0 Å². The molecule has 0 radical (unpaired) electrons. The van der Waals surface area contributed by atoms with E-state index in [-0.39, 0.29) is 22.9 Å². The molecule has 1 aromatic carbocycles. The maximum absolute atomic E-state index is 13.0. The number of alkyl halides is 2. The van der Waals surface area contributed by atoms with Crippen molar-refractivity contribution in [1.29, 1.82) is 0 Å². The highest BCUT2D eigenvalue weighted by Gasteiger charge is 2.29. The SMILES string of the molecule is Cc1cc(S(=O)(=O)NCC(F)(F)CN)ccc1F.Cl. The van der Waals surface area contributed by atoms with Crippen LogP contribution in [0.1, 0.15) is 5.56 Å². The summed E-state index contributed by atoms with van der Waals surface area (Å²) in [6.45, 7) is -0.678. The van der Waals surface area contributed by atoms with Crippen molar-refractivity contribution in [2.45, 2.75) is 17.7 Å². The Hall–Kier alpha value is -0.830. The first kappa shape index (κ1) is 18.2. The molecule has 0 aliphatic rings. The Morgan fingerprint density at radius 2 is 1.95 bits per heavy atom. The summed E-state index contributed by atoms with van der Waals surface area (Å²) in [5, 5.41) is 0. The number of halogens is 4. The number of nitrogens with one attached hydrogen (secondary N) is 1. The van der Waals surface area contributed by atoms with E-state index in [0.29, 0.717) is 0 Å². The van der Waals surface area contributed by atoms with Gasteiger partial charge in [0.05, 0.1) is 18.0 Å². The number of rotatable bonds is 5. The zero-order chi connectivity index (χ0) is 14.0. The van der Waals surface area contributed by atoms with Crippen molar-refractivity contribution in [1.82, 2.24) is 4.72 Å². The highest BCUT2D eigenvalue weighted by molar-refractivity contribution is 7.89. The van der Waals surface area contributed by atoms with Crippen LogP contribution in [0.15, 0.2) is 23.1 Å². The molecule has 0 atom stereocenters. The number of hydrogen-bond acceptors (Lipinski definition) is 3. The maximum Gasteiger partial charge on any atom is 0.273 e. The smallest absolute Gasteiger partial charge is 0.273 e. The molecule has 0 heterocycles. The molecule has 19 heavy (non-hydrogen) atoms. The van der Waals surface area contributed by atoms with Gasteiger partial charge in [0, 0.05) is 0 Å². The van der Waals surface area contributed by atoms with Crippen LogP contribution < -0.4 is 10.5 Å². The average molecular weight is 319 g/mol. The van der Waals surface area contributed by atoms with Gasteiger partial charge >= 0.3 is 0 Å². The van der Waals surface area contributed by atoms with Crippen molar-refractivity contribution < 1.29 is 21.6 Å². The Morgan fingerprint density at radius 3 is 2.42 bits per heavy atom. The Labute approximate surface area is 115 Å². The summed E-state index contributed by atoms with van der Waals surface area (Å²) in [7, 11) is -4.10. The van der Waals surface area contributed by atoms with E-state index in [4.69, 9.17) is 5.73 Å². The van der Waals surface area contributed by atoms with Crippen molar-refractivity contribution in [3.8, 4) is 0 Å². The molecule has 0 saturated heterocycles. The van der Waals surface area contributed by atoms with E-state index in [1.54, 1.807) is 4.72 Å². The van der Waals surface area contributed by atoms with Crippen LogP contribution in [0.3, 0.4) is 0 Å². The Morgan fingerprint density at radius 1 is 1.37 bits per heavy atom. The van der Waals surface area contributed by atoms with E-state index in [9.17, 15) is 21.6 Å². The van der Waals surface area contributed by atoms with Gasteiger partial charge < -0.3 is 5.73 Å². The summed E-state index contributed by atoms with van der Waals surface area (Å²) in [6, 6.07) is 3.04. The van der Waals surface area contributed by atoms with Gasteiger partial charge in [0.15, 0.2) is 0 Å². The zero-order valence-corrected chi connectivity index (χ0v) is 11.6. The number of nitrogens with two attached hydrogens (primary N) is 1. The second-order valence-corrected chi connectivity index (χ2v) is 5.56. The van der Waals surface area contributed by atoms with Crippen molar-refractivity contribution in [2.75, 3.05) is 13.1 Å². The van der Waals surface area contributed by atoms with E-state index in [2.05, 4.69) is 0 Å². The first-order valence-electron chi connectivity index (χ1n) is 5.02. The summed E-state index contributed by atoms with van der Waals surface area (Å²) >= 11 is 0. The van der Waals surface area contributed by atoms with Crippen molar-refractivity contribution >= 4 is 22.4 Å². The van der Waals surface area contributed by atoms with Crippen molar-refractivity contribution in [3.05, 3.63) is 29.6 Å². The molecule has 0 saturated carbocycles. The normalized spacial score (nSPS) is 12.1. The molecule has 0 aromatic heterocycles. The van der Waals surface area contributed by atoms with Crippen LogP contribution in [0, 0.1) is 12.7 Å². The third-order valence-electron chi connectivity index (χ3n) is 2.26. The fourth-order valence-corrected chi connectivity index (χ4v) is 2.29. The van der Waals surface area contributed by atoms with Crippen molar-refractivity contribution in [2.24, 2.45) is 5.73 Å². The van der Waals surface area contributed by atoms with Gasteiger partial charge in [-0.3, -0.25) is 0 Å². The number of aryl methyl sites for hydroxylation is 1. The molecule has 0 unspecified atom stereocenters. The lowest BCUT2D eigenvalue weighted by atomic mass is 10.2. The first-order chi connectivity index (χ1) is 8.18. The highest BCUT2D eigenvalue weighted by Crippen LogP contribution is 2.16. The van der Waals surface area contributed by atoms with E-state index >= 15 is 0 Å². The fourth-order valence-electron chi connectivity index (χ4n) is 1.14. The van der Waals surface area contributed by atoms with Gasteiger partial charge in [0.1, 0.15) is 5.82 Å². The quantitative estimate of drug-likeness (QED) is 0.862. The number of hydrogen-bond donors (Lipinski definition) is 2. The van der Waals surface area contributed by atoms with Gasteiger partial charge in [-0.1, -0.05) is 0 Å². The monoisotopic (exact) mass is 318 g/mol. The summed E-state index contributed by atoms with van der Waals surface area (Å²) < 4.78 is 63.7. The average Bonchev–Trinajstić information content (AvgIpc) is 2.30. The van der Waals surface area contributed by atoms with Gasteiger partial charge in [-0.15, -0.1) is 12.4 Å². The molecule has 0 amide bonds. The summed E-state index contributed by atoms with van der Waals surface area (Å²) in [5.74, 6) is -3.89. The second-order valence-electron chi connectivity index (χ2n) is 3.80. The largest absolute Gasteiger partial charge is 0.325 e. The molecule has 0 aliphatic carbocycles. The molecule has 0 bridgehead atoms. The summed E-state index contributed by atoms with van der Waals surface area (Å²) in [6.07, 6.45) is 0. The fraction of sp³-hybridized carbons (Fsp3) is 0.400. The molecule has 0 aliphatic heterocycles. The van der Waals surface area contributed by atoms with E-state index in [0.717, 1.165) is 18.2 Å². The predicted molar refractivity (Wildman–Crippen MR) is 67.6 cm³/mol. The summed E-state index contributed by atoms with van der Waals surface area (Å²) in [4.78, 5) is -0.269. The molecular formula is C10H14ClF3N2O2S. The molecular weight excluding hydrogens is 305 g/mol. The minimum Gasteiger partial charge on any atom is -0.325 e. The van der Waals surface area contributed by atoms with E-state index < -0.39 is 34.9 Å². The van der Waals surface area contributed by atoms with Crippen LogP contribution in [-0.2, 0) is 10.0 Å². The molecule has 110 valence electrons. The molecule has 1 rings (SSSR count). The molecule has 3 N–H and O–H groups in total. The third-order valence-corrected chi connectivity index (χ3v) is 3.66. The van der Waals surface area contributed by atoms with Gasteiger partial charge in [-0.25, -0.2) is 26.3 Å². The lowest BCUT2D eigenvalue weighted by molar-refractivity contribution is 0.0170. The lowest BCUT2D eigenvalue weighted by Gasteiger charge is -2.15. The second kappa shape index (κ2) is 6.56. The Kier molecular flexibility index (Phi) is 6.27. The van der Waals surface area contributed by atoms with E-state index in [1.165, 1.54) is 6.92 Å². The van der Waals surface area contributed by atoms with Crippen molar-refractivity contribution in [3.63, 3.8) is 0 Å². The van der Waals surface area contributed by atoms with Crippen LogP contribution in [-0.4, -0.2) is 27.4 Å². The predicted octanol–water partition coefficient (Wildman–Crippen LogP) is 1.43. The molecule has 4 nitrogen and oxygen atoms in total. The standard InChI is InChI=1S/C10H13F3N2O2S.ClH/c1-7-4-8(2-3-9(7)11)18(16,17)15-6-10(12,13)5-14;/h2-4,15H,5-6,14H2,1H3;1H. The third kappa shape index (κ3) is 4.98. The number of benzene rings is 1. The summed E-state index contributed by atoms with van der Waals surface area (Å²) in [5.41, 5.74) is 4.90. The van der Waals surface area contributed by atoms with Crippen LogP contribution in [0.2, 0.25) is 0 Å². The Bertz CT molecular complexity index is 538. The lowest BCUT2D eigenvalue weighted by Crippen LogP contribution is -2.41.